The van der Waals surface area contributed by atoms with Gasteiger partial charge in [-0.1, -0.05) is 0 Å². The Bertz CT molecular complexity index is 394. The van der Waals surface area contributed by atoms with Crippen LogP contribution in [-0.4, -0.2) is 12.5 Å². The molecule has 0 bridgehead atoms. The Hall–Kier alpha value is -2.22. The van der Waals surface area contributed by atoms with Gasteiger partial charge in [-0.15, -0.1) is 0 Å². The van der Waals surface area contributed by atoms with E-state index in [1.54, 1.807) is 18.2 Å². The molecule has 0 aliphatic rings. The van der Waals surface area contributed by atoms with Gasteiger partial charge in [0.15, 0.2) is 0 Å². The minimum absolute atomic E-state index is 0.000911. The molecule has 0 atom stereocenters. The maximum atomic E-state index is 10.5. The second-order valence-corrected chi connectivity index (χ2v) is 2.73. The van der Waals surface area contributed by atoms with Crippen LogP contribution in [0.15, 0.2) is 18.2 Å². The summed E-state index contributed by atoms with van der Waals surface area (Å²) in [6.45, 7) is -0.000911. The number of primary amides is 1. The van der Waals surface area contributed by atoms with Gasteiger partial charge in [-0.2, -0.15) is 5.26 Å². The molecular weight excluding hydrogens is 180 g/mol. The lowest BCUT2D eigenvalue weighted by molar-refractivity contribution is -0.116. The number of hydrogen-bond donors (Lipinski definition) is 3. The van der Waals surface area contributed by atoms with Crippen LogP contribution in [0, 0.1) is 11.3 Å². The maximum absolute atomic E-state index is 10.5. The molecule has 0 saturated heterocycles. The smallest absolute Gasteiger partial charge is 0.236 e. The number of hydrogen-bond acceptors (Lipinski definition) is 4. The summed E-state index contributed by atoms with van der Waals surface area (Å²) >= 11 is 0. The topological polar surface area (TPSA) is 105 Å². The van der Waals surface area contributed by atoms with Gasteiger partial charge in [-0.05, 0) is 18.2 Å². The first-order valence-corrected chi connectivity index (χ1v) is 3.95. The molecular formula is C9H10N4O. The van der Waals surface area contributed by atoms with Crippen molar-refractivity contribution in [3.63, 3.8) is 0 Å². The molecule has 0 spiro atoms. The summed E-state index contributed by atoms with van der Waals surface area (Å²) in [4.78, 5) is 10.5. The molecule has 72 valence electrons. The standard InChI is InChI=1S/C9H10N4O/c10-4-6-1-2-7(11)8(3-6)13-5-9(12)14/h1-3,13H,5,11H2,(H2,12,14). The summed E-state index contributed by atoms with van der Waals surface area (Å²) in [5.41, 5.74) is 12.1. The highest BCUT2D eigenvalue weighted by Crippen LogP contribution is 2.18. The Morgan fingerprint density at radius 1 is 1.57 bits per heavy atom. The van der Waals surface area contributed by atoms with Gasteiger partial charge in [-0.3, -0.25) is 4.79 Å². The number of nitrogens with one attached hydrogen (secondary N) is 1. The quantitative estimate of drug-likeness (QED) is 0.585. The number of nitrogen functional groups attached to an aromatic ring is 1. The van der Waals surface area contributed by atoms with E-state index < -0.39 is 5.91 Å². The Morgan fingerprint density at radius 3 is 2.86 bits per heavy atom. The van der Waals surface area contributed by atoms with E-state index in [4.69, 9.17) is 16.7 Å². The zero-order chi connectivity index (χ0) is 10.6. The monoisotopic (exact) mass is 190 g/mol. The SMILES string of the molecule is N#Cc1ccc(N)c(NCC(N)=O)c1. The third-order valence-electron chi connectivity index (χ3n) is 1.64. The summed E-state index contributed by atoms with van der Waals surface area (Å²) < 4.78 is 0. The molecule has 0 heterocycles. The Kier molecular flexibility index (Phi) is 2.92. The van der Waals surface area contributed by atoms with Gasteiger partial charge in [0.2, 0.25) is 5.91 Å². The number of rotatable bonds is 3. The van der Waals surface area contributed by atoms with Gasteiger partial charge in [0.05, 0.1) is 29.6 Å². The highest BCUT2D eigenvalue weighted by Gasteiger charge is 2.01. The summed E-state index contributed by atoms with van der Waals surface area (Å²) in [6.07, 6.45) is 0. The Labute approximate surface area is 81.3 Å². The number of amides is 1. The van der Waals surface area contributed by atoms with Crippen molar-refractivity contribution in [3.05, 3.63) is 23.8 Å². The van der Waals surface area contributed by atoms with Crippen LogP contribution in [-0.2, 0) is 4.79 Å². The molecule has 0 radical (unpaired) electrons. The van der Waals surface area contributed by atoms with Gasteiger partial charge < -0.3 is 16.8 Å². The van der Waals surface area contributed by atoms with Crippen LogP contribution in [0.25, 0.3) is 0 Å². The fraction of sp³-hybridized carbons (Fsp3) is 0.111. The molecule has 1 aromatic rings. The molecule has 0 unspecified atom stereocenters. The Balaban J connectivity index is 2.85. The third kappa shape index (κ3) is 2.38. The minimum Gasteiger partial charge on any atom is -0.397 e. The van der Waals surface area contributed by atoms with Crippen LogP contribution in [0.2, 0.25) is 0 Å². The van der Waals surface area contributed by atoms with Crippen LogP contribution in [0.5, 0.6) is 0 Å². The number of benzene rings is 1. The average Bonchev–Trinajstić information content (AvgIpc) is 2.16. The van der Waals surface area contributed by atoms with Crippen LogP contribution in [0.3, 0.4) is 0 Å². The summed E-state index contributed by atoms with van der Waals surface area (Å²) in [5.74, 6) is -0.480. The van der Waals surface area contributed by atoms with E-state index in [-0.39, 0.29) is 6.54 Å². The number of carbonyl (C=O) groups excluding carboxylic acids is 1. The maximum Gasteiger partial charge on any atom is 0.236 e. The molecule has 0 aromatic heterocycles. The van der Waals surface area contributed by atoms with Gasteiger partial charge in [0.25, 0.3) is 0 Å². The zero-order valence-corrected chi connectivity index (χ0v) is 7.45. The van der Waals surface area contributed by atoms with Crippen LogP contribution >= 0.6 is 0 Å². The van der Waals surface area contributed by atoms with Crippen molar-refractivity contribution in [2.24, 2.45) is 5.73 Å². The van der Waals surface area contributed by atoms with E-state index in [1.165, 1.54) is 0 Å². The highest BCUT2D eigenvalue weighted by molar-refractivity contribution is 5.80. The molecule has 0 saturated carbocycles. The number of nitrogens with two attached hydrogens (primary N) is 2. The van der Waals surface area contributed by atoms with E-state index in [9.17, 15) is 4.79 Å². The van der Waals surface area contributed by atoms with Crippen molar-refractivity contribution in [3.8, 4) is 6.07 Å². The second kappa shape index (κ2) is 4.14. The summed E-state index contributed by atoms with van der Waals surface area (Å²) in [6, 6.07) is 6.74. The van der Waals surface area contributed by atoms with Gasteiger partial charge in [0, 0.05) is 0 Å². The van der Waals surface area contributed by atoms with E-state index in [0.717, 1.165) is 0 Å². The largest absolute Gasteiger partial charge is 0.397 e. The molecule has 5 nitrogen and oxygen atoms in total. The average molecular weight is 190 g/mol. The Morgan fingerprint density at radius 2 is 2.29 bits per heavy atom. The van der Waals surface area contributed by atoms with Gasteiger partial charge >= 0.3 is 0 Å². The lowest BCUT2D eigenvalue weighted by Crippen LogP contribution is -2.22. The lowest BCUT2D eigenvalue weighted by atomic mass is 10.2. The molecule has 0 aliphatic carbocycles. The van der Waals surface area contributed by atoms with E-state index >= 15 is 0 Å². The van der Waals surface area contributed by atoms with Crippen molar-refractivity contribution in [2.75, 3.05) is 17.6 Å². The first-order chi connectivity index (χ1) is 6.63. The lowest BCUT2D eigenvalue weighted by Gasteiger charge is -2.07. The van der Waals surface area contributed by atoms with Crippen molar-refractivity contribution in [1.82, 2.24) is 0 Å². The highest BCUT2D eigenvalue weighted by atomic mass is 16.1. The molecule has 5 N–H and O–H groups in total. The molecule has 1 amide bonds. The van der Waals surface area contributed by atoms with E-state index in [1.807, 2.05) is 6.07 Å². The molecule has 5 heteroatoms. The number of carbonyl (C=O) groups is 1. The van der Waals surface area contributed by atoms with Crippen molar-refractivity contribution < 1.29 is 4.79 Å². The zero-order valence-electron chi connectivity index (χ0n) is 7.45. The minimum atomic E-state index is -0.480. The van der Waals surface area contributed by atoms with Crippen molar-refractivity contribution >= 4 is 17.3 Å². The predicted octanol–water partition coefficient (Wildman–Crippen LogP) is 0.0377. The van der Waals surface area contributed by atoms with E-state index in [2.05, 4.69) is 5.32 Å². The van der Waals surface area contributed by atoms with E-state index in [0.29, 0.717) is 16.9 Å². The summed E-state index contributed by atoms with van der Waals surface area (Å²) in [5, 5.41) is 11.4. The first kappa shape index (κ1) is 9.86. The normalized spacial score (nSPS) is 9.07. The first-order valence-electron chi connectivity index (χ1n) is 3.95. The fourth-order valence-electron chi connectivity index (χ4n) is 0.961. The predicted molar refractivity (Wildman–Crippen MR) is 53.3 cm³/mol. The van der Waals surface area contributed by atoms with Crippen molar-refractivity contribution in [2.45, 2.75) is 0 Å². The second-order valence-electron chi connectivity index (χ2n) is 2.73. The number of anilines is 2. The molecule has 0 fully saturated rings. The third-order valence-corrected chi connectivity index (χ3v) is 1.64. The van der Waals surface area contributed by atoms with Crippen LogP contribution in [0.4, 0.5) is 11.4 Å². The fourth-order valence-corrected chi connectivity index (χ4v) is 0.961. The van der Waals surface area contributed by atoms with Gasteiger partial charge in [0.1, 0.15) is 0 Å². The van der Waals surface area contributed by atoms with Crippen LogP contribution < -0.4 is 16.8 Å². The molecule has 14 heavy (non-hydrogen) atoms. The molecule has 1 aromatic carbocycles. The molecule has 1 rings (SSSR count). The van der Waals surface area contributed by atoms with Crippen molar-refractivity contribution in [1.29, 1.82) is 5.26 Å². The van der Waals surface area contributed by atoms with Crippen LogP contribution in [0.1, 0.15) is 5.56 Å². The molecule has 0 aliphatic heterocycles. The number of nitriles is 1. The number of nitrogens with zero attached hydrogens (tertiary/aromatic N) is 1. The summed E-state index contributed by atoms with van der Waals surface area (Å²) in [7, 11) is 0. The van der Waals surface area contributed by atoms with Gasteiger partial charge in [-0.25, -0.2) is 0 Å².